The van der Waals surface area contributed by atoms with E-state index in [0.717, 1.165) is 25.6 Å². The molecule has 1 saturated carbocycles. The van der Waals surface area contributed by atoms with Crippen molar-refractivity contribution >= 4 is 0 Å². The van der Waals surface area contributed by atoms with E-state index in [-0.39, 0.29) is 0 Å². The molecule has 3 nitrogen and oxygen atoms in total. The maximum Gasteiger partial charge on any atom is 0.0630 e. The van der Waals surface area contributed by atoms with Crippen LogP contribution in [0.3, 0.4) is 0 Å². The van der Waals surface area contributed by atoms with Crippen LogP contribution < -0.4 is 5.32 Å². The molecule has 1 heterocycles. The zero-order valence-corrected chi connectivity index (χ0v) is 10.6. The topological polar surface area (TPSA) is 24.5 Å². The number of nitrogens with zero attached hydrogens (tertiary/aromatic N) is 1. The summed E-state index contributed by atoms with van der Waals surface area (Å²) >= 11 is 0. The van der Waals surface area contributed by atoms with Gasteiger partial charge in [0.05, 0.1) is 6.61 Å². The molecule has 3 heteroatoms. The Morgan fingerprint density at radius 3 is 2.81 bits per heavy atom. The molecule has 2 fully saturated rings. The van der Waals surface area contributed by atoms with Gasteiger partial charge in [-0.2, -0.15) is 0 Å². The normalized spacial score (nSPS) is 29.4. The van der Waals surface area contributed by atoms with Crippen molar-refractivity contribution in [1.29, 1.82) is 0 Å². The van der Waals surface area contributed by atoms with E-state index in [2.05, 4.69) is 10.2 Å². The van der Waals surface area contributed by atoms with Crippen LogP contribution in [0, 0.1) is 5.92 Å². The second-order valence-electron chi connectivity index (χ2n) is 5.31. The summed E-state index contributed by atoms with van der Waals surface area (Å²) in [4.78, 5) is 2.65. The summed E-state index contributed by atoms with van der Waals surface area (Å²) in [5, 5.41) is 3.47. The highest BCUT2D eigenvalue weighted by molar-refractivity contribution is 4.82. The first-order chi connectivity index (χ1) is 7.90. The Morgan fingerprint density at radius 1 is 1.25 bits per heavy atom. The molecule has 0 radical (unpaired) electrons. The van der Waals surface area contributed by atoms with Crippen LogP contribution in [0.4, 0.5) is 0 Å². The highest BCUT2D eigenvalue weighted by atomic mass is 16.5. The average molecular weight is 226 g/mol. The Labute approximate surface area is 99.5 Å². The monoisotopic (exact) mass is 226 g/mol. The SMILES string of the molecule is COC[C@H]1CNCCN1CC1CCCCC1. The predicted molar refractivity (Wildman–Crippen MR) is 66.7 cm³/mol. The summed E-state index contributed by atoms with van der Waals surface area (Å²) in [5.74, 6) is 0.950. The van der Waals surface area contributed by atoms with Crippen LogP contribution in [-0.4, -0.2) is 50.8 Å². The Kier molecular flexibility index (Phi) is 5.07. The Balaban J connectivity index is 1.80. The van der Waals surface area contributed by atoms with Gasteiger partial charge in [-0.05, 0) is 18.8 Å². The minimum Gasteiger partial charge on any atom is -0.383 e. The summed E-state index contributed by atoms with van der Waals surface area (Å²) in [6.07, 6.45) is 7.25. The molecule has 1 aliphatic heterocycles. The lowest BCUT2D eigenvalue weighted by atomic mass is 9.88. The molecule has 2 aliphatic rings. The van der Waals surface area contributed by atoms with Gasteiger partial charge in [0.2, 0.25) is 0 Å². The predicted octanol–water partition coefficient (Wildman–Crippen LogP) is 1.49. The molecule has 0 aromatic heterocycles. The van der Waals surface area contributed by atoms with E-state index in [1.54, 1.807) is 0 Å². The van der Waals surface area contributed by atoms with Crippen LogP contribution in [0.2, 0.25) is 0 Å². The second kappa shape index (κ2) is 6.58. The van der Waals surface area contributed by atoms with Crippen molar-refractivity contribution in [2.24, 2.45) is 5.92 Å². The maximum absolute atomic E-state index is 5.32. The third-order valence-corrected chi connectivity index (χ3v) is 4.05. The molecule has 1 saturated heterocycles. The quantitative estimate of drug-likeness (QED) is 0.786. The fraction of sp³-hybridized carbons (Fsp3) is 1.00. The van der Waals surface area contributed by atoms with E-state index >= 15 is 0 Å². The third-order valence-electron chi connectivity index (χ3n) is 4.05. The fourth-order valence-corrected chi connectivity index (χ4v) is 3.10. The number of hydrogen-bond acceptors (Lipinski definition) is 3. The molecule has 1 atom stereocenters. The highest BCUT2D eigenvalue weighted by Gasteiger charge is 2.25. The van der Waals surface area contributed by atoms with Gasteiger partial charge in [0.25, 0.3) is 0 Å². The van der Waals surface area contributed by atoms with E-state index in [4.69, 9.17) is 4.74 Å². The lowest BCUT2D eigenvalue weighted by molar-refractivity contribution is 0.0581. The number of hydrogen-bond donors (Lipinski definition) is 1. The fourth-order valence-electron chi connectivity index (χ4n) is 3.10. The maximum atomic E-state index is 5.32. The zero-order valence-electron chi connectivity index (χ0n) is 10.6. The number of piperazine rings is 1. The van der Waals surface area contributed by atoms with Gasteiger partial charge in [-0.25, -0.2) is 0 Å². The van der Waals surface area contributed by atoms with Crippen LogP contribution in [-0.2, 0) is 4.74 Å². The van der Waals surface area contributed by atoms with Gasteiger partial charge in [-0.1, -0.05) is 19.3 Å². The molecule has 2 rings (SSSR count). The molecular weight excluding hydrogens is 200 g/mol. The summed E-state index contributed by atoms with van der Waals surface area (Å²) in [6, 6.07) is 0.598. The Bertz CT molecular complexity index is 190. The van der Waals surface area contributed by atoms with Crippen molar-refractivity contribution in [3.63, 3.8) is 0 Å². The molecule has 94 valence electrons. The summed E-state index contributed by atoms with van der Waals surface area (Å²) < 4.78 is 5.32. The van der Waals surface area contributed by atoms with E-state index in [9.17, 15) is 0 Å². The average Bonchev–Trinajstić information content (AvgIpc) is 2.33. The standard InChI is InChI=1S/C13H26N2O/c1-16-11-13-9-14-7-8-15(13)10-12-5-3-2-4-6-12/h12-14H,2-11H2,1H3/t13-/m1/s1. The molecule has 0 amide bonds. The summed E-state index contributed by atoms with van der Waals surface area (Å²) in [7, 11) is 1.81. The minimum atomic E-state index is 0.598. The van der Waals surface area contributed by atoms with Crippen LogP contribution in [0.1, 0.15) is 32.1 Å². The van der Waals surface area contributed by atoms with Gasteiger partial charge in [-0.15, -0.1) is 0 Å². The molecule has 0 aromatic rings. The van der Waals surface area contributed by atoms with Crippen LogP contribution in [0.25, 0.3) is 0 Å². The molecule has 16 heavy (non-hydrogen) atoms. The van der Waals surface area contributed by atoms with Crippen molar-refractivity contribution < 1.29 is 4.74 Å². The van der Waals surface area contributed by atoms with Gasteiger partial charge in [0, 0.05) is 39.3 Å². The van der Waals surface area contributed by atoms with E-state index < -0.39 is 0 Å². The molecular formula is C13H26N2O. The second-order valence-corrected chi connectivity index (χ2v) is 5.31. The molecule has 0 aromatic carbocycles. The lowest BCUT2D eigenvalue weighted by Gasteiger charge is -2.38. The molecule has 1 N–H and O–H groups in total. The van der Waals surface area contributed by atoms with Crippen LogP contribution >= 0.6 is 0 Å². The van der Waals surface area contributed by atoms with Crippen molar-refractivity contribution in [2.45, 2.75) is 38.1 Å². The van der Waals surface area contributed by atoms with Gasteiger partial charge in [-0.3, -0.25) is 4.90 Å². The van der Waals surface area contributed by atoms with Crippen LogP contribution in [0.15, 0.2) is 0 Å². The largest absolute Gasteiger partial charge is 0.383 e. The molecule has 0 unspecified atom stereocenters. The highest BCUT2D eigenvalue weighted by Crippen LogP contribution is 2.25. The van der Waals surface area contributed by atoms with Gasteiger partial charge >= 0.3 is 0 Å². The molecule has 0 spiro atoms. The lowest BCUT2D eigenvalue weighted by Crippen LogP contribution is -2.54. The van der Waals surface area contributed by atoms with Gasteiger partial charge in [0.1, 0.15) is 0 Å². The van der Waals surface area contributed by atoms with E-state index in [0.29, 0.717) is 6.04 Å². The molecule has 0 bridgehead atoms. The number of ether oxygens (including phenoxy) is 1. The first-order valence-corrected chi connectivity index (χ1v) is 6.84. The van der Waals surface area contributed by atoms with E-state index in [1.807, 2.05) is 7.11 Å². The first-order valence-electron chi connectivity index (χ1n) is 6.84. The molecule has 1 aliphatic carbocycles. The first kappa shape index (κ1) is 12.3. The Hall–Kier alpha value is -0.120. The van der Waals surface area contributed by atoms with Crippen molar-refractivity contribution in [3.8, 4) is 0 Å². The number of nitrogens with one attached hydrogen (secondary N) is 1. The van der Waals surface area contributed by atoms with Gasteiger partial charge in [0.15, 0.2) is 0 Å². The zero-order chi connectivity index (χ0) is 11.2. The summed E-state index contributed by atoms with van der Waals surface area (Å²) in [6.45, 7) is 5.62. The Morgan fingerprint density at radius 2 is 2.06 bits per heavy atom. The van der Waals surface area contributed by atoms with Crippen LogP contribution in [0.5, 0.6) is 0 Å². The van der Waals surface area contributed by atoms with Crippen molar-refractivity contribution in [3.05, 3.63) is 0 Å². The summed E-state index contributed by atoms with van der Waals surface area (Å²) in [5.41, 5.74) is 0. The van der Waals surface area contributed by atoms with E-state index in [1.165, 1.54) is 45.2 Å². The minimum absolute atomic E-state index is 0.598. The van der Waals surface area contributed by atoms with Crippen molar-refractivity contribution in [2.75, 3.05) is 39.9 Å². The smallest absolute Gasteiger partial charge is 0.0630 e. The number of methoxy groups -OCH3 is 1. The third kappa shape index (κ3) is 3.44. The van der Waals surface area contributed by atoms with Crippen molar-refractivity contribution in [1.82, 2.24) is 10.2 Å². The van der Waals surface area contributed by atoms with Gasteiger partial charge < -0.3 is 10.1 Å². The number of rotatable bonds is 4.